The van der Waals surface area contributed by atoms with Crippen LogP contribution in [-0.2, 0) is 4.74 Å². The number of ether oxygens (including phenoxy) is 2. The lowest BCUT2D eigenvalue weighted by Gasteiger charge is -2.15. The smallest absolute Gasteiger partial charge is 0.219 e. The van der Waals surface area contributed by atoms with Gasteiger partial charge in [-0.25, -0.2) is 4.39 Å². The van der Waals surface area contributed by atoms with Crippen LogP contribution in [0.1, 0.15) is 13.3 Å². The molecule has 2 rings (SSSR count). The summed E-state index contributed by atoms with van der Waals surface area (Å²) in [5.74, 6) is 0.793. The van der Waals surface area contributed by atoms with Gasteiger partial charge in [0.15, 0.2) is 0 Å². The van der Waals surface area contributed by atoms with Crippen molar-refractivity contribution in [3.63, 3.8) is 0 Å². The molecule has 1 N–H and O–H groups in total. The summed E-state index contributed by atoms with van der Waals surface area (Å²) < 4.78 is 23.4. The summed E-state index contributed by atoms with van der Waals surface area (Å²) in [6.45, 7) is 3.04. The zero-order valence-corrected chi connectivity index (χ0v) is 9.28. The third-order valence-corrected chi connectivity index (χ3v) is 2.52. The molecule has 2 atom stereocenters. The summed E-state index contributed by atoms with van der Waals surface area (Å²) in [5, 5.41) is 3.11. The van der Waals surface area contributed by atoms with E-state index >= 15 is 0 Å². The maximum Gasteiger partial charge on any atom is 0.219 e. The van der Waals surface area contributed by atoms with Crippen LogP contribution in [0.5, 0.6) is 5.75 Å². The molecule has 0 radical (unpaired) electrons. The number of rotatable bonds is 4. The summed E-state index contributed by atoms with van der Waals surface area (Å²) in [6, 6.07) is 7.28. The fourth-order valence-corrected chi connectivity index (χ4v) is 1.75. The molecule has 2 unspecified atom stereocenters. The lowest BCUT2D eigenvalue weighted by Crippen LogP contribution is -2.25. The molecule has 1 aliphatic rings. The topological polar surface area (TPSA) is 30.5 Å². The van der Waals surface area contributed by atoms with Crippen LogP contribution in [0.4, 0.5) is 10.1 Å². The van der Waals surface area contributed by atoms with Gasteiger partial charge in [0, 0.05) is 11.8 Å². The normalized spacial score (nSPS) is 24.4. The third-order valence-electron chi connectivity index (χ3n) is 2.52. The van der Waals surface area contributed by atoms with Gasteiger partial charge in [-0.1, -0.05) is 6.07 Å². The van der Waals surface area contributed by atoms with E-state index in [2.05, 4.69) is 5.32 Å². The van der Waals surface area contributed by atoms with Crippen molar-refractivity contribution in [3.05, 3.63) is 24.3 Å². The first-order valence-electron chi connectivity index (χ1n) is 5.54. The highest BCUT2D eigenvalue weighted by atomic mass is 19.1. The molecule has 1 heterocycles. The molecular weight excluding hydrogens is 209 g/mol. The summed E-state index contributed by atoms with van der Waals surface area (Å²) >= 11 is 0. The second-order valence-corrected chi connectivity index (χ2v) is 3.72. The molecule has 0 amide bonds. The van der Waals surface area contributed by atoms with Crippen molar-refractivity contribution in [2.24, 2.45) is 0 Å². The summed E-state index contributed by atoms with van der Waals surface area (Å²) in [6.07, 6.45) is -0.518. The van der Waals surface area contributed by atoms with Crippen molar-refractivity contribution in [1.82, 2.24) is 0 Å². The molecule has 88 valence electrons. The number of nitrogens with one attached hydrogen (secondary N) is 1. The molecule has 0 aromatic heterocycles. The molecule has 1 aliphatic heterocycles. The predicted molar refractivity (Wildman–Crippen MR) is 60.5 cm³/mol. The molecule has 1 fully saturated rings. The molecule has 0 aliphatic carbocycles. The monoisotopic (exact) mass is 225 g/mol. The number of alkyl halides is 1. The van der Waals surface area contributed by atoms with Gasteiger partial charge in [0.2, 0.25) is 6.36 Å². The van der Waals surface area contributed by atoms with E-state index in [-0.39, 0.29) is 6.04 Å². The maximum absolute atomic E-state index is 13.2. The summed E-state index contributed by atoms with van der Waals surface area (Å²) in [7, 11) is 0. The Morgan fingerprint density at radius 2 is 2.44 bits per heavy atom. The third kappa shape index (κ3) is 2.64. The second kappa shape index (κ2) is 5.16. The van der Waals surface area contributed by atoms with E-state index in [1.165, 1.54) is 0 Å². The highest BCUT2D eigenvalue weighted by Crippen LogP contribution is 2.22. The number of hydrogen-bond acceptors (Lipinski definition) is 3. The van der Waals surface area contributed by atoms with E-state index in [1.54, 1.807) is 0 Å². The number of halogens is 1. The van der Waals surface area contributed by atoms with Crippen molar-refractivity contribution in [2.75, 3.05) is 18.5 Å². The zero-order valence-electron chi connectivity index (χ0n) is 9.28. The fraction of sp³-hybridized carbons (Fsp3) is 0.500. The van der Waals surface area contributed by atoms with Crippen LogP contribution in [0.25, 0.3) is 0 Å². The van der Waals surface area contributed by atoms with E-state index < -0.39 is 6.36 Å². The maximum atomic E-state index is 13.2. The van der Waals surface area contributed by atoms with Gasteiger partial charge in [-0.2, -0.15) is 0 Å². The SMILES string of the molecule is CCOc1cccc(NC2CCOC2F)c1. The molecule has 4 heteroatoms. The van der Waals surface area contributed by atoms with Gasteiger partial charge in [-0.3, -0.25) is 0 Å². The van der Waals surface area contributed by atoms with E-state index in [0.29, 0.717) is 19.6 Å². The van der Waals surface area contributed by atoms with E-state index in [0.717, 1.165) is 11.4 Å². The minimum absolute atomic E-state index is 0.253. The molecule has 3 nitrogen and oxygen atoms in total. The minimum Gasteiger partial charge on any atom is -0.494 e. The molecule has 0 saturated carbocycles. The lowest BCUT2D eigenvalue weighted by atomic mass is 10.2. The minimum atomic E-state index is -1.21. The summed E-state index contributed by atoms with van der Waals surface area (Å²) in [5.41, 5.74) is 0.865. The molecule has 16 heavy (non-hydrogen) atoms. The Morgan fingerprint density at radius 3 is 3.12 bits per heavy atom. The molecule has 1 aromatic rings. The van der Waals surface area contributed by atoms with Crippen molar-refractivity contribution in [1.29, 1.82) is 0 Å². The molecule has 1 saturated heterocycles. The van der Waals surface area contributed by atoms with E-state index in [4.69, 9.17) is 9.47 Å². The fourth-order valence-electron chi connectivity index (χ4n) is 1.75. The lowest BCUT2D eigenvalue weighted by molar-refractivity contribution is 0.00461. The van der Waals surface area contributed by atoms with Gasteiger partial charge in [-0.05, 0) is 25.5 Å². The second-order valence-electron chi connectivity index (χ2n) is 3.72. The van der Waals surface area contributed by atoms with Crippen molar-refractivity contribution < 1.29 is 13.9 Å². The standard InChI is InChI=1S/C12H16FNO2/c1-2-15-10-5-3-4-9(8-10)14-11-6-7-16-12(11)13/h3-5,8,11-12,14H,2,6-7H2,1H3. The van der Waals surface area contributed by atoms with E-state index in [9.17, 15) is 4.39 Å². The quantitative estimate of drug-likeness (QED) is 0.854. The predicted octanol–water partition coefficient (Wildman–Crippen LogP) is 2.58. The van der Waals surface area contributed by atoms with Crippen molar-refractivity contribution in [2.45, 2.75) is 25.7 Å². The largest absolute Gasteiger partial charge is 0.494 e. The first-order valence-corrected chi connectivity index (χ1v) is 5.54. The summed E-state index contributed by atoms with van der Waals surface area (Å²) in [4.78, 5) is 0. The van der Waals surface area contributed by atoms with Gasteiger partial charge >= 0.3 is 0 Å². The van der Waals surface area contributed by atoms with Gasteiger partial charge in [0.1, 0.15) is 5.75 Å². The number of benzene rings is 1. The first kappa shape index (κ1) is 11.2. The average molecular weight is 225 g/mol. The molecule has 0 bridgehead atoms. The van der Waals surface area contributed by atoms with Crippen LogP contribution < -0.4 is 10.1 Å². The Labute approximate surface area is 94.6 Å². The van der Waals surface area contributed by atoms with Crippen LogP contribution in [0.2, 0.25) is 0 Å². The molecule has 0 spiro atoms. The van der Waals surface area contributed by atoms with Gasteiger partial charge in [-0.15, -0.1) is 0 Å². The Balaban J connectivity index is 2.00. The van der Waals surface area contributed by atoms with Crippen LogP contribution in [-0.4, -0.2) is 25.6 Å². The van der Waals surface area contributed by atoms with E-state index in [1.807, 2.05) is 31.2 Å². The Kier molecular flexibility index (Phi) is 3.62. The first-order chi connectivity index (χ1) is 7.79. The Morgan fingerprint density at radius 1 is 1.56 bits per heavy atom. The highest BCUT2D eigenvalue weighted by molar-refractivity contribution is 5.49. The molecular formula is C12H16FNO2. The van der Waals surface area contributed by atoms with Crippen molar-refractivity contribution in [3.8, 4) is 5.75 Å². The average Bonchev–Trinajstić information content (AvgIpc) is 2.66. The van der Waals surface area contributed by atoms with Crippen LogP contribution in [0.3, 0.4) is 0 Å². The Bertz CT molecular complexity index is 346. The van der Waals surface area contributed by atoms with Gasteiger partial charge in [0.05, 0.1) is 19.3 Å². The number of anilines is 1. The zero-order chi connectivity index (χ0) is 11.4. The Hall–Kier alpha value is -1.29. The van der Waals surface area contributed by atoms with Crippen LogP contribution in [0.15, 0.2) is 24.3 Å². The van der Waals surface area contributed by atoms with Gasteiger partial charge in [0.25, 0.3) is 0 Å². The highest BCUT2D eigenvalue weighted by Gasteiger charge is 2.27. The van der Waals surface area contributed by atoms with Crippen LogP contribution in [0, 0.1) is 0 Å². The van der Waals surface area contributed by atoms with Crippen LogP contribution >= 0.6 is 0 Å². The number of hydrogen-bond donors (Lipinski definition) is 1. The molecule has 1 aromatic carbocycles. The van der Waals surface area contributed by atoms with Gasteiger partial charge < -0.3 is 14.8 Å². The van der Waals surface area contributed by atoms with Crippen molar-refractivity contribution >= 4 is 5.69 Å².